The van der Waals surface area contributed by atoms with Gasteiger partial charge in [-0.3, -0.25) is 15.1 Å². The average molecular weight is 350 g/mol. The van der Waals surface area contributed by atoms with Gasteiger partial charge in [-0.25, -0.2) is 0 Å². The summed E-state index contributed by atoms with van der Waals surface area (Å²) in [7, 11) is 0. The van der Waals surface area contributed by atoms with Crippen molar-refractivity contribution in [1.29, 1.82) is 0 Å². The molecule has 0 saturated heterocycles. The molecule has 1 aromatic carbocycles. The molecule has 3 heterocycles. The van der Waals surface area contributed by atoms with Crippen LogP contribution in [0.3, 0.4) is 0 Å². The van der Waals surface area contributed by atoms with Crippen molar-refractivity contribution in [2.24, 2.45) is 0 Å². The molecule has 130 valence electrons. The van der Waals surface area contributed by atoms with E-state index in [0.29, 0.717) is 0 Å². The van der Waals surface area contributed by atoms with Crippen molar-refractivity contribution >= 4 is 6.08 Å². The molecule has 4 heteroatoms. The number of fused-ring (bicyclic) bond motifs is 1. The SMILES string of the molecule is C1=CC(c2ccccc2)(c2ccccn2)Cc2[nH]nc(-c3cccnc3)c21. The number of nitrogens with zero attached hydrogens (tertiary/aromatic N) is 3. The van der Waals surface area contributed by atoms with Crippen LogP contribution >= 0.6 is 0 Å². The quantitative estimate of drug-likeness (QED) is 0.595. The van der Waals surface area contributed by atoms with Crippen molar-refractivity contribution in [2.75, 3.05) is 0 Å². The van der Waals surface area contributed by atoms with Crippen LogP contribution in [0.5, 0.6) is 0 Å². The second-order valence-electron chi connectivity index (χ2n) is 6.77. The molecule has 1 atom stereocenters. The van der Waals surface area contributed by atoms with Gasteiger partial charge in [-0.15, -0.1) is 0 Å². The van der Waals surface area contributed by atoms with Gasteiger partial charge in [0, 0.05) is 41.8 Å². The molecule has 1 N–H and O–H groups in total. The van der Waals surface area contributed by atoms with Gasteiger partial charge in [0.2, 0.25) is 0 Å². The van der Waals surface area contributed by atoms with Gasteiger partial charge in [-0.1, -0.05) is 48.6 Å². The van der Waals surface area contributed by atoms with Gasteiger partial charge in [0.25, 0.3) is 0 Å². The van der Waals surface area contributed by atoms with Gasteiger partial charge >= 0.3 is 0 Å². The molecule has 4 aromatic rings. The maximum absolute atomic E-state index is 4.69. The van der Waals surface area contributed by atoms with Gasteiger partial charge in [0.15, 0.2) is 0 Å². The fourth-order valence-electron chi connectivity index (χ4n) is 3.87. The highest BCUT2D eigenvalue weighted by Gasteiger charge is 2.37. The number of hydrogen-bond acceptors (Lipinski definition) is 3. The number of benzene rings is 1. The van der Waals surface area contributed by atoms with E-state index in [0.717, 1.165) is 34.6 Å². The predicted octanol–water partition coefficient (Wildman–Crippen LogP) is 4.42. The minimum atomic E-state index is -0.311. The normalized spacial score (nSPS) is 18.2. The number of rotatable bonds is 3. The molecule has 0 aliphatic heterocycles. The van der Waals surface area contributed by atoms with Crippen LogP contribution in [0, 0.1) is 0 Å². The summed E-state index contributed by atoms with van der Waals surface area (Å²) in [5, 5.41) is 7.85. The Morgan fingerprint density at radius 2 is 1.78 bits per heavy atom. The lowest BCUT2D eigenvalue weighted by Gasteiger charge is -2.33. The standard InChI is InChI=1S/C23H18N4/c1-2-8-18(9-3-1)23(21-10-4-5-14-25-21)12-11-19-20(15-23)26-27-22(19)17-7-6-13-24-16-17/h1-14,16H,15H2,(H,26,27). The monoisotopic (exact) mass is 350 g/mol. The smallest absolute Gasteiger partial charge is 0.101 e. The molecule has 0 radical (unpaired) electrons. The van der Waals surface area contributed by atoms with Gasteiger partial charge < -0.3 is 0 Å². The van der Waals surface area contributed by atoms with E-state index in [4.69, 9.17) is 4.98 Å². The van der Waals surface area contributed by atoms with Crippen LogP contribution in [0.15, 0.2) is 85.3 Å². The molecular formula is C23H18N4. The van der Waals surface area contributed by atoms with Crippen LogP contribution in [0.1, 0.15) is 22.5 Å². The Bertz CT molecular complexity index is 1040. The fraction of sp³-hybridized carbons (Fsp3) is 0.0870. The Kier molecular flexibility index (Phi) is 3.68. The Morgan fingerprint density at radius 3 is 2.56 bits per heavy atom. The van der Waals surface area contributed by atoms with E-state index in [1.54, 1.807) is 6.20 Å². The average Bonchev–Trinajstić information content (AvgIpc) is 3.18. The Hall–Kier alpha value is -3.53. The highest BCUT2D eigenvalue weighted by atomic mass is 15.1. The van der Waals surface area contributed by atoms with Crippen LogP contribution in [-0.2, 0) is 11.8 Å². The molecule has 27 heavy (non-hydrogen) atoms. The first-order valence-electron chi connectivity index (χ1n) is 9.01. The van der Waals surface area contributed by atoms with Gasteiger partial charge in [-0.05, 0) is 29.8 Å². The van der Waals surface area contributed by atoms with E-state index in [9.17, 15) is 0 Å². The molecule has 5 rings (SSSR count). The number of pyridine rings is 2. The lowest BCUT2D eigenvalue weighted by atomic mass is 9.70. The molecule has 1 aliphatic carbocycles. The van der Waals surface area contributed by atoms with Crippen LogP contribution in [-0.4, -0.2) is 20.2 Å². The molecule has 0 saturated carbocycles. The summed E-state index contributed by atoms with van der Waals surface area (Å²) in [5.74, 6) is 0. The number of allylic oxidation sites excluding steroid dienone is 1. The zero-order chi connectivity index (χ0) is 18.1. The molecule has 0 spiro atoms. The Labute approximate surface area is 157 Å². The van der Waals surface area contributed by atoms with Gasteiger partial charge in [0.1, 0.15) is 5.69 Å². The number of aromatic nitrogens is 4. The summed E-state index contributed by atoms with van der Waals surface area (Å²) in [4.78, 5) is 8.92. The van der Waals surface area contributed by atoms with E-state index in [1.807, 2.05) is 42.7 Å². The Morgan fingerprint density at radius 1 is 0.889 bits per heavy atom. The van der Waals surface area contributed by atoms with E-state index in [-0.39, 0.29) is 5.41 Å². The van der Waals surface area contributed by atoms with Crippen molar-refractivity contribution in [3.63, 3.8) is 0 Å². The van der Waals surface area contributed by atoms with Crippen LogP contribution < -0.4 is 0 Å². The zero-order valence-electron chi connectivity index (χ0n) is 14.7. The van der Waals surface area contributed by atoms with Crippen molar-refractivity contribution in [3.05, 3.63) is 108 Å². The van der Waals surface area contributed by atoms with Crippen molar-refractivity contribution in [2.45, 2.75) is 11.8 Å². The molecule has 4 nitrogen and oxygen atoms in total. The van der Waals surface area contributed by atoms with E-state index in [1.165, 1.54) is 5.56 Å². The lowest BCUT2D eigenvalue weighted by Crippen LogP contribution is -2.31. The van der Waals surface area contributed by atoms with Gasteiger partial charge in [0.05, 0.1) is 11.1 Å². The maximum Gasteiger partial charge on any atom is 0.101 e. The Balaban J connectivity index is 1.66. The number of hydrogen-bond donors (Lipinski definition) is 1. The highest BCUT2D eigenvalue weighted by Crippen LogP contribution is 2.42. The number of aromatic amines is 1. The van der Waals surface area contributed by atoms with E-state index < -0.39 is 0 Å². The maximum atomic E-state index is 4.69. The number of nitrogens with one attached hydrogen (secondary N) is 1. The third-order valence-electron chi connectivity index (χ3n) is 5.22. The summed E-state index contributed by atoms with van der Waals surface area (Å²) in [6.07, 6.45) is 10.7. The first-order chi connectivity index (χ1) is 13.4. The minimum Gasteiger partial charge on any atom is -0.281 e. The molecular weight excluding hydrogens is 332 g/mol. The summed E-state index contributed by atoms with van der Waals surface area (Å²) in [6.45, 7) is 0. The third kappa shape index (κ3) is 2.57. The van der Waals surface area contributed by atoms with Crippen molar-refractivity contribution in [3.8, 4) is 11.3 Å². The summed E-state index contributed by atoms with van der Waals surface area (Å²) < 4.78 is 0. The minimum absolute atomic E-state index is 0.311. The molecule has 1 unspecified atom stereocenters. The van der Waals surface area contributed by atoms with Crippen LogP contribution in [0.4, 0.5) is 0 Å². The predicted molar refractivity (Wildman–Crippen MR) is 106 cm³/mol. The molecule has 0 bridgehead atoms. The lowest BCUT2D eigenvalue weighted by molar-refractivity contribution is 0.601. The first-order valence-corrected chi connectivity index (χ1v) is 9.01. The van der Waals surface area contributed by atoms with Crippen LogP contribution in [0.25, 0.3) is 17.3 Å². The summed E-state index contributed by atoms with van der Waals surface area (Å²) in [6, 6.07) is 20.6. The molecule has 3 aromatic heterocycles. The van der Waals surface area contributed by atoms with Gasteiger partial charge in [-0.2, -0.15) is 5.10 Å². The highest BCUT2D eigenvalue weighted by molar-refractivity contribution is 5.75. The van der Waals surface area contributed by atoms with E-state index in [2.05, 4.69) is 57.7 Å². The summed E-state index contributed by atoms with van der Waals surface area (Å²) in [5.41, 5.74) is 6.16. The second-order valence-corrected chi connectivity index (χ2v) is 6.77. The molecule has 0 fully saturated rings. The zero-order valence-corrected chi connectivity index (χ0v) is 14.7. The fourth-order valence-corrected chi connectivity index (χ4v) is 3.87. The molecule has 0 amide bonds. The van der Waals surface area contributed by atoms with Crippen molar-refractivity contribution < 1.29 is 0 Å². The second kappa shape index (κ2) is 6.32. The summed E-state index contributed by atoms with van der Waals surface area (Å²) >= 11 is 0. The molecule has 1 aliphatic rings. The number of H-pyrrole nitrogens is 1. The van der Waals surface area contributed by atoms with Crippen LogP contribution in [0.2, 0.25) is 0 Å². The first kappa shape index (κ1) is 15.7. The largest absolute Gasteiger partial charge is 0.281 e. The van der Waals surface area contributed by atoms with Crippen molar-refractivity contribution in [1.82, 2.24) is 20.2 Å². The third-order valence-corrected chi connectivity index (χ3v) is 5.22. The topological polar surface area (TPSA) is 54.5 Å². The van der Waals surface area contributed by atoms with E-state index >= 15 is 0 Å².